The zero-order chi connectivity index (χ0) is 18.4. The Kier molecular flexibility index (Phi) is 6.83. The normalized spacial score (nSPS) is 23.7. The van der Waals surface area contributed by atoms with E-state index in [-0.39, 0.29) is 17.4 Å². The topological polar surface area (TPSA) is 58.6 Å². The van der Waals surface area contributed by atoms with E-state index in [2.05, 4.69) is 5.32 Å². The highest BCUT2D eigenvalue weighted by atomic mass is 32.2. The summed E-state index contributed by atoms with van der Waals surface area (Å²) < 4.78 is 5.23. The maximum Gasteiger partial charge on any atom is 0.329 e. The lowest BCUT2D eigenvalue weighted by atomic mass is 9.88. The van der Waals surface area contributed by atoms with Gasteiger partial charge in [-0.2, -0.15) is 0 Å². The maximum absolute atomic E-state index is 13.0. The van der Waals surface area contributed by atoms with Crippen LogP contribution in [0.4, 0.5) is 4.79 Å². The first kappa shape index (κ1) is 19.1. The smallest absolute Gasteiger partial charge is 0.329 e. The number of esters is 1. The fraction of sp³-hybridized carbons (Fsp3) is 0.600. The third-order valence-corrected chi connectivity index (χ3v) is 6.63. The molecule has 2 atom stereocenters. The Morgan fingerprint density at radius 3 is 2.62 bits per heavy atom. The summed E-state index contributed by atoms with van der Waals surface area (Å²) >= 11 is 1.73. The number of carbonyl (C=O) groups excluding carboxylic acids is 2. The molecule has 142 valence electrons. The van der Waals surface area contributed by atoms with Crippen LogP contribution >= 0.6 is 11.8 Å². The van der Waals surface area contributed by atoms with Crippen molar-refractivity contribution in [2.75, 3.05) is 12.4 Å². The fourth-order valence-corrected chi connectivity index (χ4v) is 5.48. The highest BCUT2D eigenvalue weighted by Gasteiger charge is 2.45. The molecule has 5 nitrogen and oxygen atoms in total. The monoisotopic (exact) mass is 376 g/mol. The van der Waals surface area contributed by atoms with Gasteiger partial charge in [0.05, 0.1) is 12.0 Å². The summed E-state index contributed by atoms with van der Waals surface area (Å²) in [4.78, 5) is 27.2. The lowest BCUT2D eigenvalue weighted by Crippen LogP contribution is -2.52. The Balaban J connectivity index is 1.71. The lowest BCUT2D eigenvalue weighted by molar-refractivity contribution is -0.147. The Bertz CT molecular complexity index is 604. The molecule has 0 bridgehead atoms. The number of ether oxygens (including phenoxy) is 1. The van der Waals surface area contributed by atoms with Crippen LogP contribution in [-0.4, -0.2) is 40.7 Å². The molecule has 1 aliphatic carbocycles. The van der Waals surface area contributed by atoms with E-state index in [0.29, 0.717) is 24.8 Å². The number of nitrogens with one attached hydrogen (secondary N) is 1. The number of hydrogen-bond donors (Lipinski definition) is 1. The molecular formula is C20H28N2O3S. The van der Waals surface area contributed by atoms with E-state index in [1.54, 1.807) is 23.6 Å². The van der Waals surface area contributed by atoms with E-state index in [4.69, 9.17) is 4.74 Å². The van der Waals surface area contributed by atoms with Gasteiger partial charge in [0, 0.05) is 12.3 Å². The summed E-state index contributed by atoms with van der Waals surface area (Å²) in [5, 5.41) is 3.07. The maximum atomic E-state index is 13.0. The minimum atomic E-state index is -0.484. The highest BCUT2D eigenvalue weighted by molar-refractivity contribution is 8.00. The van der Waals surface area contributed by atoms with Gasteiger partial charge in [-0.15, -0.1) is 11.8 Å². The fourth-order valence-electron chi connectivity index (χ4n) is 3.85. The van der Waals surface area contributed by atoms with Crippen LogP contribution in [0.2, 0.25) is 0 Å². The van der Waals surface area contributed by atoms with E-state index < -0.39 is 6.04 Å². The van der Waals surface area contributed by atoms with Gasteiger partial charge in [-0.05, 0) is 31.2 Å². The van der Waals surface area contributed by atoms with Gasteiger partial charge in [-0.25, -0.2) is 9.59 Å². The number of hydrogen-bond acceptors (Lipinski definition) is 4. The van der Waals surface area contributed by atoms with E-state index in [1.807, 2.05) is 30.3 Å². The van der Waals surface area contributed by atoms with Crippen molar-refractivity contribution in [3.05, 3.63) is 35.9 Å². The Labute approximate surface area is 159 Å². The summed E-state index contributed by atoms with van der Waals surface area (Å²) in [7, 11) is 0. The second-order valence-corrected chi connectivity index (χ2v) is 8.09. The number of urea groups is 1. The number of thioether (sulfide) groups is 1. The van der Waals surface area contributed by atoms with Crippen molar-refractivity contribution in [2.24, 2.45) is 5.92 Å². The third-order valence-electron chi connectivity index (χ3n) is 5.17. The molecule has 2 amide bonds. The molecule has 1 N–H and O–H groups in total. The highest BCUT2D eigenvalue weighted by Crippen LogP contribution is 2.40. The van der Waals surface area contributed by atoms with Crippen LogP contribution in [0.15, 0.2) is 30.3 Å². The average molecular weight is 377 g/mol. The predicted octanol–water partition coefficient (Wildman–Crippen LogP) is 3.78. The van der Waals surface area contributed by atoms with Gasteiger partial charge in [-0.3, -0.25) is 4.90 Å². The molecule has 1 aromatic carbocycles. The Hall–Kier alpha value is -1.69. The predicted molar refractivity (Wildman–Crippen MR) is 104 cm³/mol. The first-order valence-electron chi connectivity index (χ1n) is 9.59. The molecule has 26 heavy (non-hydrogen) atoms. The Morgan fingerprint density at radius 2 is 1.92 bits per heavy atom. The van der Waals surface area contributed by atoms with Gasteiger partial charge < -0.3 is 10.1 Å². The molecule has 0 aromatic heterocycles. The largest absolute Gasteiger partial charge is 0.464 e. The molecule has 6 heteroatoms. The van der Waals surface area contributed by atoms with Gasteiger partial charge in [0.1, 0.15) is 6.04 Å². The lowest BCUT2D eigenvalue weighted by Gasteiger charge is -2.35. The van der Waals surface area contributed by atoms with E-state index >= 15 is 0 Å². The van der Waals surface area contributed by atoms with Crippen LogP contribution < -0.4 is 5.32 Å². The molecular weight excluding hydrogens is 348 g/mol. The van der Waals surface area contributed by atoms with Crippen LogP contribution in [0.1, 0.15) is 44.6 Å². The summed E-state index contributed by atoms with van der Waals surface area (Å²) in [5.41, 5.74) is 1.05. The van der Waals surface area contributed by atoms with Crippen molar-refractivity contribution in [1.29, 1.82) is 0 Å². The minimum absolute atomic E-state index is 0.0699. The first-order valence-corrected chi connectivity index (χ1v) is 10.6. The Morgan fingerprint density at radius 1 is 1.19 bits per heavy atom. The van der Waals surface area contributed by atoms with Crippen molar-refractivity contribution >= 4 is 23.8 Å². The molecule has 1 saturated carbocycles. The second kappa shape index (κ2) is 9.31. The SMILES string of the molecule is CCOC(=O)C1CSC(C2CCCCC2)N1C(=O)NCc1ccccc1. The van der Waals surface area contributed by atoms with Crippen molar-refractivity contribution in [1.82, 2.24) is 10.2 Å². The van der Waals surface area contributed by atoms with Gasteiger partial charge in [0.15, 0.2) is 0 Å². The number of amides is 2. The zero-order valence-electron chi connectivity index (χ0n) is 15.4. The van der Waals surface area contributed by atoms with E-state index in [0.717, 1.165) is 18.4 Å². The van der Waals surface area contributed by atoms with Crippen LogP contribution in [0.25, 0.3) is 0 Å². The minimum Gasteiger partial charge on any atom is -0.464 e. The van der Waals surface area contributed by atoms with Crippen LogP contribution in [0.5, 0.6) is 0 Å². The summed E-state index contributed by atoms with van der Waals surface area (Å²) in [6.07, 6.45) is 5.97. The van der Waals surface area contributed by atoms with Crippen LogP contribution in [0.3, 0.4) is 0 Å². The van der Waals surface area contributed by atoms with Crippen molar-refractivity contribution in [3.8, 4) is 0 Å². The van der Waals surface area contributed by atoms with Crippen molar-refractivity contribution < 1.29 is 14.3 Å². The summed E-state index contributed by atoms with van der Waals surface area (Å²) in [6, 6.07) is 9.20. The molecule has 1 aromatic rings. The zero-order valence-corrected chi connectivity index (χ0v) is 16.2. The van der Waals surface area contributed by atoms with Gasteiger partial charge in [0.25, 0.3) is 0 Å². The molecule has 2 unspecified atom stereocenters. The van der Waals surface area contributed by atoms with Crippen molar-refractivity contribution in [2.45, 2.75) is 57.0 Å². The third kappa shape index (κ3) is 4.53. The molecule has 3 rings (SSSR count). The molecule has 0 radical (unpaired) electrons. The number of carbonyl (C=O) groups is 2. The van der Waals surface area contributed by atoms with Crippen molar-refractivity contribution in [3.63, 3.8) is 0 Å². The van der Waals surface area contributed by atoms with Gasteiger partial charge in [-0.1, -0.05) is 49.6 Å². The quantitative estimate of drug-likeness (QED) is 0.795. The molecule has 2 fully saturated rings. The van der Waals surface area contributed by atoms with Crippen LogP contribution in [0, 0.1) is 5.92 Å². The number of benzene rings is 1. The number of rotatable bonds is 5. The summed E-state index contributed by atoms with van der Waals surface area (Å²) in [6.45, 7) is 2.61. The van der Waals surface area contributed by atoms with E-state index in [1.165, 1.54) is 19.3 Å². The first-order chi connectivity index (χ1) is 12.7. The molecule has 0 spiro atoms. The second-order valence-electron chi connectivity index (χ2n) is 6.94. The van der Waals surface area contributed by atoms with Gasteiger partial charge in [0.2, 0.25) is 0 Å². The van der Waals surface area contributed by atoms with Crippen LogP contribution in [-0.2, 0) is 16.1 Å². The van der Waals surface area contributed by atoms with E-state index in [9.17, 15) is 9.59 Å². The average Bonchev–Trinajstić information content (AvgIpc) is 3.13. The molecule has 1 heterocycles. The standard InChI is InChI=1S/C20H28N2O3S/c1-2-25-19(23)17-14-26-18(16-11-7-4-8-12-16)22(17)20(24)21-13-15-9-5-3-6-10-15/h3,5-6,9-10,16-18H,2,4,7-8,11-14H2,1H3,(H,21,24). The summed E-state index contributed by atoms with van der Waals surface area (Å²) in [5.74, 6) is 0.808. The molecule has 2 aliphatic rings. The molecule has 1 aliphatic heterocycles. The number of nitrogens with zero attached hydrogens (tertiary/aromatic N) is 1. The van der Waals surface area contributed by atoms with Gasteiger partial charge >= 0.3 is 12.0 Å². The molecule has 1 saturated heterocycles.